The summed E-state index contributed by atoms with van der Waals surface area (Å²) in [6.45, 7) is 3.45. The van der Waals surface area contributed by atoms with Crippen LogP contribution in [0.4, 0.5) is 5.69 Å². The van der Waals surface area contributed by atoms with Crippen LogP contribution in [0.15, 0.2) is 36.4 Å². The first-order valence-electron chi connectivity index (χ1n) is 10.0. The quantitative estimate of drug-likeness (QED) is 0.541. The molecule has 1 N–H and O–H groups in total. The van der Waals surface area contributed by atoms with Crippen LogP contribution in [0.1, 0.15) is 29.3 Å². The highest BCUT2D eigenvalue weighted by molar-refractivity contribution is 6.32. The number of hydrogen-bond acceptors (Lipinski definition) is 6. The Labute approximate surface area is 192 Å². The van der Waals surface area contributed by atoms with Crippen molar-refractivity contribution in [3.8, 4) is 11.5 Å². The van der Waals surface area contributed by atoms with E-state index in [2.05, 4.69) is 5.32 Å². The number of esters is 1. The summed E-state index contributed by atoms with van der Waals surface area (Å²) < 4.78 is 15.5. The third kappa shape index (κ3) is 6.62. The molecule has 8 nitrogen and oxygen atoms in total. The van der Waals surface area contributed by atoms with Crippen molar-refractivity contribution in [2.24, 2.45) is 0 Å². The van der Waals surface area contributed by atoms with Gasteiger partial charge in [-0.2, -0.15) is 0 Å². The zero-order valence-electron chi connectivity index (χ0n) is 18.6. The van der Waals surface area contributed by atoms with Gasteiger partial charge in [-0.15, -0.1) is 0 Å². The molecule has 9 heteroatoms. The van der Waals surface area contributed by atoms with Gasteiger partial charge < -0.3 is 24.4 Å². The van der Waals surface area contributed by atoms with E-state index in [1.807, 2.05) is 32.0 Å². The van der Waals surface area contributed by atoms with Crippen LogP contribution in [-0.2, 0) is 14.3 Å². The number of anilines is 1. The molecule has 0 saturated carbocycles. The smallest absolute Gasteiger partial charge is 0.338 e. The first kappa shape index (κ1) is 25.0. The zero-order valence-corrected chi connectivity index (χ0v) is 19.3. The molecule has 172 valence electrons. The molecule has 0 aliphatic rings. The van der Waals surface area contributed by atoms with Crippen molar-refractivity contribution < 1.29 is 28.6 Å². The molecule has 2 aromatic carbocycles. The third-order valence-corrected chi connectivity index (χ3v) is 4.88. The van der Waals surface area contributed by atoms with E-state index in [1.54, 1.807) is 6.07 Å². The molecule has 0 aliphatic heterocycles. The topological polar surface area (TPSA) is 94.2 Å². The van der Waals surface area contributed by atoms with Gasteiger partial charge in [0.05, 0.1) is 31.4 Å². The summed E-state index contributed by atoms with van der Waals surface area (Å²) in [6, 6.07) is 10.1. The summed E-state index contributed by atoms with van der Waals surface area (Å²) in [6.07, 6.45) is 0.641. The second-order valence-electron chi connectivity index (χ2n) is 6.95. The molecule has 0 saturated heterocycles. The minimum absolute atomic E-state index is 0.111. The maximum absolute atomic E-state index is 12.6. The molecule has 2 aromatic rings. The van der Waals surface area contributed by atoms with E-state index in [9.17, 15) is 14.4 Å². The molecule has 0 bridgehead atoms. The Morgan fingerprint density at radius 1 is 1.09 bits per heavy atom. The van der Waals surface area contributed by atoms with E-state index >= 15 is 0 Å². The molecule has 0 fully saturated rings. The summed E-state index contributed by atoms with van der Waals surface area (Å²) in [5, 5.41) is 2.97. The van der Waals surface area contributed by atoms with Crippen LogP contribution < -0.4 is 14.8 Å². The minimum Gasteiger partial charge on any atom is -0.493 e. The molecule has 0 unspecified atom stereocenters. The van der Waals surface area contributed by atoms with Gasteiger partial charge in [0.2, 0.25) is 5.91 Å². The zero-order chi connectivity index (χ0) is 23.7. The van der Waals surface area contributed by atoms with E-state index < -0.39 is 18.5 Å². The van der Waals surface area contributed by atoms with Gasteiger partial charge >= 0.3 is 5.97 Å². The van der Waals surface area contributed by atoms with E-state index in [0.29, 0.717) is 18.7 Å². The third-order valence-electron chi connectivity index (χ3n) is 4.60. The lowest BCUT2D eigenvalue weighted by atomic mass is 10.2. The molecule has 0 aromatic heterocycles. The van der Waals surface area contributed by atoms with Gasteiger partial charge in [0, 0.05) is 12.2 Å². The first-order valence-corrected chi connectivity index (χ1v) is 10.4. The van der Waals surface area contributed by atoms with E-state index in [0.717, 1.165) is 5.56 Å². The lowest BCUT2D eigenvalue weighted by molar-refractivity contribution is -0.137. The van der Waals surface area contributed by atoms with Gasteiger partial charge in [-0.1, -0.05) is 36.7 Å². The molecule has 32 heavy (non-hydrogen) atoms. The maximum Gasteiger partial charge on any atom is 0.338 e. The lowest BCUT2D eigenvalue weighted by Crippen LogP contribution is -2.40. The number of carbonyl (C=O) groups is 3. The Morgan fingerprint density at radius 2 is 1.81 bits per heavy atom. The van der Waals surface area contributed by atoms with Crippen LogP contribution in [0, 0.1) is 6.92 Å². The normalized spacial score (nSPS) is 10.3. The van der Waals surface area contributed by atoms with Gasteiger partial charge in [0.25, 0.3) is 5.91 Å². The van der Waals surface area contributed by atoms with Crippen molar-refractivity contribution in [1.82, 2.24) is 4.90 Å². The largest absolute Gasteiger partial charge is 0.493 e. The molecule has 2 rings (SSSR count). The summed E-state index contributed by atoms with van der Waals surface area (Å²) >= 11 is 6.11. The average Bonchev–Trinajstić information content (AvgIpc) is 2.77. The number of ether oxygens (including phenoxy) is 3. The van der Waals surface area contributed by atoms with Gasteiger partial charge in [-0.25, -0.2) is 4.79 Å². The van der Waals surface area contributed by atoms with E-state index in [1.165, 1.54) is 31.3 Å². The van der Waals surface area contributed by atoms with Crippen LogP contribution >= 0.6 is 11.6 Å². The summed E-state index contributed by atoms with van der Waals surface area (Å²) in [7, 11) is 2.84. The number of amides is 2. The van der Waals surface area contributed by atoms with Gasteiger partial charge in [0.1, 0.15) is 0 Å². The number of methoxy groups -OCH3 is 2. The number of carbonyl (C=O) groups excluding carboxylic acids is 3. The number of nitrogens with zero attached hydrogens (tertiary/aromatic N) is 1. The molecular weight excluding hydrogens is 436 g/mol. The Balaban J connectivity index is 2.00. The second kappa shape index (κ2) is 12.0. The SMILES string of the molecule is CCCN(CC(=O)Nc1ccccc1C)C(=O)COC(=O)c1cc(Cl)c(OC)c(OC)c1. The number of rotatable bonds is 10. The lowest BCUT2D eigenvalue weighted by Gasteiger charge is -2.22. The summed E-state index contributed by atoms with van der Waals surface area (Å²) in [4.78, 5) is 38.8. The Hall–Kier alpha value is -3.26. The van der Waals surface area contributed by atoms with Crippen molar-refractivity contribution in [1.29, 1.82) is 0 Å². The molecule has 0 spiro atoms. The predicted molar refractivity (Wildman–Crippen MR) is 122 cm³/mol. The fourth-order valence-electron chi connectivity index (χ4n) is 2.98. The van der Waals surface area contributed by atoms with Crippen molar-refractivity contribution >= 4 is 35.1 Å². The van der Waals surface area contributed by atoms with Crippen LogP contribution in [0.25, 0.3) is 0 Å². The van der Waals surface area contributed by atoms with Gasteiger partial charge in [-0.3, -0.25) is 9.59 Å². The van der Waals surface area contributed by atoms with Crippen molar-refractivity contribution in [2.75, 3.05) is 39.2 Å². The van der Waals surface area contributed by atoms with Crippen LogP contribution in [0.3, 0.4) is 0 Å². The highest BCUT2D eigenvalue weighted by Crippen LogP contribution is 2.36. The monoisotopic (exact) mass is 462 g/mol. The Morgan fingerprint density at radius 3 is 2.44 bits per heavy atom. The fourth-order valence-corrected chi connectivity index (χ4v) is 3.26. The summed E-state index contributed by atoms with van der Waals surface area (Å²) in [5.74, 6) is -1.01. The first-order chi connectivity index (χ1) is 15.3. The van der Waals surface area contributed by atoms with Crippen LogP contribution in [-0.4, -0.2) is 56.6 Å². The highest BCUT2D eigenvalue weighted by Gasteiger charge is 2.21. The molecular formula is C23H27ClN2O6. The number of para-hydroxylation sites is 1. The number of aryl methyl sites for hydroxylation is 1. The number of nitrogens with one attached hydrogen (secondary N) is 1. The van der Waals surface area contributed by atoms with Crippen LogP contribution in [0.2, 0.25) is 5.02 Å². The van der Waals surface area contributed by atoms with Crippen LogP contribution in [0.5, 0.6) is 11.5 Å². The Kier molecular flexibility index (Phi) is 9.34. The second-order valence-corrected chi connectivity index (χ2v) is 7.36. The fraction of sp³-hybridized carbons (Fsp3) is 0.348. The standard InChI is InChI=1S/C23H27ClN2O6/c1-5-10-26(13-20(27)25-18-9-7-6-8-15(18)2)21(28)14-32-23(29)16-11-17(24)22(31-4)19(12-16)30-3/h6-9,11-12H,5,10,13-14H2,1-4H3,(H,25,27). The van der Waals surface area contributed by atoms with E-state index in [-0.39, 0.29) is 34.5 Å². The highest BCUT2D eigenvalue weighted by atomic mass is 35.5. The molecule has 0 radical (unpaired) electrons. The van der Waals surface area contributed by atoms with Gasteiger partial charge in [0.15, 0.2) is 18.1 Å². The van der Waals surface area contributed by atoms with E-state index in [4.69, 9.17) is 25.8 Å². The number of hydrogen-bond donors (Lipinski definition) is 1. The predicted octanol–water partition coefficient (Wildman–Crippen LogP) is 3.70. The van der Waals surface area contributed by atoms with Crippen molar-refractivity contribution in [2.45, 2.75) is 20.3 Å². The maximum atomic E-state index is 12.6. The van der Waals surface area contributed by atoms with Gasteiger partial charge in [-0.05, 0) is 37.1 Å². The molecule has 0 aliphatic carbocycles. The molecule has 0 heterocycles. The van der Waals surface area contributed by atoms with Crippen molar-refractivity contribution in [3.63, 3.8) is 0 Å². The summed E-state index contributed by atoms with van der Waals surface area (Å²) in [5.41, 5.74) is 1.70. The average molecular weight is 463 g/mol. The molecule has 2 amide bonds. The van der Waals surface area contributed by atoms with Crippen molar-refractivity contribution in [3.05, 3.63) is 52.5 Å². The Bertz CT molecular complexity index is 979. The number of halogens is 1. The number of benzene rings is 2. The minimum atomic E-state index is -0.748. The molecule has 0 atom stereocenters.